The standard InChI is InChI=1S/C28H36F4N4O5S/c29-19-14-18(28(30,31)32)15-20(16-19)34-23(27(39)36-12-6-9-24(36)25(33)37)8-5-3-1-2-4-7-17-13-22(17)26(38)35-42(40,41)21-10-11-21/h4,7,14-17,21-24,34H,1-3,5-6,8-13H2,(H2,33,37)(H,35,38)/b7-4-/t17-,22+,23+,24+/m1/s1. The van der Waals surface area contributed by atoms with Gasteiger partial charge in [0.25, 0.3) is 0 Å². The number of nitrogens with two attached hydrogens (primary N) is 1. The third-order valence-electron chi connectivity index (χ3n) is 7.86. The highest BCUT2D eigenvalue weighted by atomic mass is 32.2. The molecule has 3 aliphatic rings. The van der Waals surface area contributed by atoms with Crippen molar-refractivity contribution >= 4 is 33.4 Å². The number of allylic oxidation sites excluding steroid dienone is 2. The normalized spacial score (nSPS) is 23.1. The van der Waals surface area contributed by atoms with Gasteiger partial charge < -0.3 is 16.0 Å². The molecule has 232 valence electrons. The second-order valence-electron chi connectivity index (χ2n) is 11.3. The summed E-state index contributed by atoms with van der Waals surface area (Å²) in [6, 6.07) is 0.234. The highest BCUT2D eigenvalue weighted by molar-refractivity contribution is 7.90. The molecule has 1 heterocycles. The predicted molar refractivity (Wildman–Crippen MR) is 147 cm³/mol. The maximum absolute atomic E-state index is 14.0. The van der Waals surface area contributed by atoms with Crippen molar-refractivity contribution in [2.45, 2.75) is 87.7 Å². The molecule has 42 heavy (non-hydrogen) atoms. The lowest BCUT2D eigenvalue weighted by atomic mass is 10.0. The number of unbranched alkanes of at least 4 members (excludes halogenated alkanes) is 3. The molecule has 4 rings (SSSR count). The molecular weight excluding hydrogens is 580 g/mol. The van der Waals surface area contributed by atoms with E-state index in [1.165, 1.54) is 4.90 Å². The molecular formula is C28H36F4N4O5S. The van der Waals surface area contributed by atoms with Crippen LogP contribution in [-0.4, -0.2) is 54.9 Å². The average Bonchev–Trinajstić information content (AvgIpc) is 3.83. The molecule has 2 aliphatic carbocycles. The van der Waals surface area contributed by atoms with E-state index in [4.69, 9.17) is 5.73 Å². The molecule has 0 unspecified atom stereocenters. The van der Waals surface area contributed by atoms with Gasteiger partial charge in [-0.3, -0.25) is 19.1 Å². The monoisotopic (exact) mass is 616 g/mol. The van der Waals surface area contributed by atoms with E-state index < -0.39 is 62.6 Å². The summed E-state index contributed by atoms with van der Waals surface area (Å²) >= 11 is 0. The first-order valence-electron chi connectivity index (χ1n) is 14.2. The molecule has 9 nitrogen and oxygen atoms in total. The minimum absolute atomic E-state index is 0.00266. The molecule has 4 atom stereocenters. The van der Waals surface area contributed by atoms with Crippen molar-refractivity contribution in [2.24, 2.45) is 17.6 Å². The summed E-state index contributed by atoms with van der Waals surface area (Å²) in [5.74, 6) is -3.04. The van der Waals surface area contributed by atoms with Crippen LogP contribution in [-0.2, 0) is 30.6 Å². The molecule has 1 aliphatic heterocycles. The Labute approximate surface area is 242 Å². The van der Waals surface area contributed by atoms with Crippen molar-refractivity contribution in [1.82, 2.24) is 9.62 Å². The van der Waals surface area contributed by atoms with Gasteiger partial charge in [-0.05, 0) is 75.5 Å². The first-order chi connectivity index (χ1) is 19.8. The Morgan fingerprint density at radius 3 is 2.50 bits per heavy atom. The predicted octanol–water partition coefficient (Wildman–Crippen LogP) is 3.85. The number of anilines is 1. The van der Waals surface area contributed by atoms with Gasteiger partial charge in [-0.1, -0.05) is 25.0 Å². The number of hydrogen-bond donors (Lipinski definition) is 3. The van der Waals surface area contributed by atoms with Gasteiger partial charge in [-0.15, -0.1) is 0 Å². The minimum Gasteiger partial charge on any atom is -0.374 e. The maximum atomic E-state index is 14.0. The highest BCUT2D eigenvalue weighted by Gasteiger charge is 2.45. The van der Waals surface area contributed by atoms with Crippen molar-refractivity contribution in [1.29, 1.82) is 0 Å². The summed E-state index contributed by atoms with van der Waals surface area (Å²) in [6.07, 6.45) is 4.67. The van der Waals surface area contributed by atoms with Crippen LogP contribution in [0.5, 0.6) is 0 Å². The van der Waals surface area contributed by atoms with Gasteiger partial charge in [0.15, 0.2) is 0 Å². The number of amides is 3. The zero-order valence-corrected chi connectivity index (χ0v) is 23.9. The Morgan fingerprint density at radius 1 is 1.10 bits per heavy atom. The van der Waals surface area contributed by atoms with Crippen molar-refractivity contribution < 1.29 is 40.4 Å². The summed E-state index contributed by atoms with van der Waals surface area (Å²) in [7, 11) is -3.55. The molecule has 3 amide bonds. The van der Waals surface area contributed by atoms with E-state index in [1.807, 2.05) is 12.2 Å². The molecule has 1 saturated heterocycles. The quantitative estimate of drug-likeness (QED) is 0.165. The number of nitrogens with one attached hydrogen (secondary N) is 2. The van der Waals surface area contributed by atoms with Gasteiger partial charge in [-0.2, -0.15) is 13.2 Å². The number of alkyl halides is 3. The number of nitrogens with zero attached hydrogens (tertiary/aromatic N) is 1. The second-order valence-corrected chi connectivity index (χ2v) is 13.3. The summed E-state index contributed by atoms with van der Waals surface area (Å²) in [4.78, 5) is 38.7. The lowest BCUT2D eigenvalue weighted by molar-refractivity contribution is -0.138. The average molecular weight is 617 g/mol. The second kappa shape index (κ2) is 13.0. The number of sulfonamides is 1. The Hall–Kier alpha value is -3.16. The Morgan fingerprint density at radius 2 is 1.83 bits per heavy atom. The molecule has 1 aromatic carbocycles. The van der Waals surface area contributed by atoms with Crippen LogP contribution < -0.4 is 15.8 Å². The summed E-state index contributed by atoms with van der Waals surface area (Å²) in [5.41, 5.74) is 4.07. The summed E-state index contributed by atoms with van der Waals surface area (Å²) < 4.78 is 79.7. The number of halogens is 4. The molecule has 0 bridgehead atoms. The lowest BCUT2D eigenvalue weighted by Gasteiger charge is -2.28. The van der Waals surface area contributed by atoms with Crippen LogP contribution in [0.4, 0.5) is 23.2 Å². The van der Waals surface area contributed by atoms with E-state index >= 15 is 0 Å². The van der Waals surface area contributed by atoms with Crippen LogP contribution in [0.3, 0.4) is 0 Å². The van der Waals surface area contributed by atoms with Gasteiger partial charge in [0.1, 0.15) is 17.9 Å². The number of hydrogen-bond acceptors (Lipinski definition) is 6. The van der Waals surface area contributed by atoms with E-state index in [0.29, 0.717) is 64.0 Å². The lowest BCUT2D eigenvalue weighted by Crippen LogP contribution is -2.49. The first-order valence-corrected chi connectivity index (χ1v) is 15.8. The van der Waals surface area contributed by atoms with Crippen LogP contribution in [0.25, 0.3) is 0 Å². The molecule has 4 N–H and O–H groups in total. The van der Waals surface area contributed by atoms with Gasteiger partial charge >= 0.3 is 6.18 Å². The third kappa shape index (κ3) is 8.45. The molecule has 14 heteroatoms. The number of benzene rings is 1. The molecule has 3 fully saturated rings. The Bertz CT molecular complexity index is 1320. The van der Waals surface area contributed by atoms with Crippen LogP contribution in [0.2, 0.25) is 0 Å². The van der Waals surface area contributed by atoms with Crippen LogP contribution >= 0.6 is 0 Å². The van der Waals surface area contributed by atoms with Crippen molar-refractivity contribution in [3.8, 4) is 0 Å². The van der Waals surface area contributed by atoms with E-state index in [0.717, 1.165) is 18.6 Å². The number of rotatable bonds is 14. The van der Waals surface area contributed by atoms with Crippen LogP contribution in [0.15, 0.2) is 30.4 Å². The fourth-order valence-corrected chi connectivity index (χ4v) is 6.64. The fourth-order valence-electron chi connectivity index (χ4n) is 5.29. The maximum Gasteiger partial charge on any atom is 0.416 e. The van der Waals surface area contributed by atoms with Crippen LogP contribution in [0.1, 0.15) is 69.8 Å². The van der Waals surface area contributed by atoms with E-state index in [-0.39, 0.29) is 23.9 Å². The van der Waals surface area contributed by atoms with Gasteiger partial charge in [0, 0.05) is 18.2 Å². The zero-order chi connectivity index (χ0) is 30.7. The Balaban J connectivity index is 1.28. The van der Waals surface area contributed by atoms with E-state index in [1.54, 1.807) is 0 Å². The van der Waals surface area contributed by atoms with Crippen molar-refractivity contribution in [2.75, 3.05) is 11.9 Å². The third-order valence-corrected chi connectivity index (χ3v) is 9.69. The van der Waals surface area contributed by atoms with Gasteiger partial charge in [0.05, 0.1) is 10.8 Å². The van der Waals surface area contributed by atoms with Crippen molar-refractivity contribution in [3.63, 3.8) is 0 Å². The number of likely N-dealkylation sites (tertiary alicyclic amines) is 1. The van der Waals surface area contributed by atoms with E-state index in [9.17, 15) is 40.4 Å². The van der Waals surface area contributed by atoms with Gasteiger partial charge in [-0.25, -0.2) is 12.8 Å². The van der Waals surface area contributed by atoms with Crippen molar-refractivity contribution in [3.05, 3.63) is 41.7 Å². The fraction of sp³-hybridized carbons (Fsp3) is 0.607. The first kappa shape index (κ1) is 31.8. The SMILES string of the molecule is NC(=O)[C@@H]1CCCN1C(=O)[C@H](CCCCC/C=C\[C@@H]1C[C@@H]1C(=O)NS(=O)(=O)C1CC1)Nc1cc(F)cc(C(F)(F)F)c1. The number of carbonyl (C=O) groups excluding carboxylic acids is 3. The highest BCUT2D eigenvalue weighted by Crippen LogP contribution is 2.40. The van der Waals surface area contributed by atoms with E-state index in [2.05, 4.69) is 10.0 Å². The number of primary amides is 1. The topological polar surface area (TPSA) is 139 Å². The number of carbonyl (C=O) groups is 3. The minimum atomic E-state index is -4.77. The Kier molecular flexibility index (Phi) is 9.84. The largest absolute Gasteiger partial charge is 0.416 e. The zero-order valence-electron chi connectivity index (χ0n) is 23.0. The molecule has 2 saturated carbocycles. The molecule has 1 aromatic rings. The van der Waals surface area contributed by atoms with Gasteiger partial charge in [0.2, 0.25) is 27.7 Å². The van der Waals surface area contributed by atoms with Crippen LogP contribution in [0, 0.1) is 17.7 Å². The molecule has 0 radical (unpaired) electrons. The molecule has 0 aromatic heterocycles. The molecule has 0 spiro atoms. The summed E-state index contributed by atoms with van der Waals surface area (Å²) in [5, 5.41) is 2.30. The summed E-state index contributed by atoms with van der Waals surface area (Å²) in [6.45, 7) is 0.291. The smallest absolute Gasteiger partial charge is 0.374 e.